The van der Waals surface area contributed by atoms with E-state index < -0.39 is 6.10 Å². The van der Waals surface area contributed by atoms with Gasteiger partial charge in [0.1, 0.15) is 5.75 Å². The molecule has 0 amide bonds. The van der Waals surface area contributed by atoms with E-state index in [0.29, 0.717) is 54.0 Å². The molecule has 9 heteroatoms. The molecule has 0 radical (unpaired) electrons. The Hall–Kier alpha value is -4.99. The van der Waals surface area contributed by atoms with Gasteiger partial charge in [-0.25, -0.2) is 0 Å². The van der Waals surface area contributed by atoms with Crippen LogP contribution < -0.4 is 15.0 Å². The van der Waals surface area contributed by atoms with E-state index >= 15 is 0 Å². The minimum atomic E-state index is -0.440. The second-order valence-electron chi connectivity index (χ2n) is 9.17. The zero-order chi connectivity index (χ0) is 26.6. The summed E-state index contributed by atoms with van der Waals surface area (Å²) in [5.41, 5.74) is 5.72. The number of benzene rings is 3. The third-order valence-corrected chi connectivity index (χ3v) is 6.32. The van der Waals surface area contributed by atoms with Crippen LogP contribution in [0.3, 0.4) is 0 Å². The van der Waals surface area contributed by atoms with E-state index in [1.165, 1.54) is 0 Å². The number of nitrogens with zero attached hydrogens (tertiary/aromatic N) is 6. The van der Waals surface area contributed by atoms with Crippen LogP contribution in [0.4, 0.5) is 17.6 Å². The van der Waals surface area contributed by atoms with E-state index in [1.54, 1.807) is 36.4 Å². The van der Waals surface area contributed by atoms with Crippen molar-refractivity contribution in [2.24, 2.45) is 0 Å². The second kappa shape index (κ2) is 10.6. The first-order valence-corrected chi connectivity index (χ1v) is 12.2. The number of rotatable bonds is 6. The number of aryl methyl sites for hydroxylation is 2. The molecule has 188 valence electrons. The summed E-state index contributed by atoms with van der Waals surface area (Å²) in [6, 6.07) is 22.9. The number of hydrogen-bond acceptors (Lipinski definition) is 9. The lowest BCUT2D eigenvalue weighted by atomic mass is 9.99. The lowest BCUT2D eigenvalue weighted by molar-refractivity contribution is 0.198. The van der Waals surface area contributed by atoms with Crippen LogP contribution in [0.2, 0.25) is 0 Å². The van der Waals surface area contributed by atoms with Crippen molar-refractivity contribution in [1.29, 1.82) is 10.5 Å². The van der Waals surface area contributed by atoms with Gasteiger partial charge in [0.15, 0.2) is 0 Å². The Kier molecular flexibility index (Phi) is 6.86. The van der Waals surface area contributed by atoms with Crippen LogP contribution in [0, 0.1) is 36.5 Å². The maximum absolute atomic E-state index is 10.0. The maximum Gasteiger partial charge on any atom is 0.328 e. The van der Waals surface area contributed by atoms with Crippen molar-refractivity contribution >= 4 is 17.6 Å². The predicted octanol–water partition coefficient (Wildman–Crippen LogP) is 5.01. The number of aliphatic hydroxyl groups is 1. The van der Waals surface area contributed by atoms with Gasteiger partial charge in [-0.15, -0.1) is 0 Å². The van der Waals surface area contributed by atoms with Crippen molar-refractivity contribution in [2.45, 2.75) is 26.4 Å². The van der Waals surface area contributed by atoms with Crippen LogP contribution in [0.5, 0.6) is 11.8 Å². The Balaban J connectivity index is 1.46. The van der Waals surface area contributed by atoms with Crippen molar-refractivity contribution in [2.75, 3.05) is 23.3 Å². The molecule has 1 fully saturated rings. The molecule has 1 atom stereocenters. The molecule has 0 spiro atoms. The molecule has 0 aliphatic carbocycles. The molecular formula is C29H25N7O2. The highest BCUT2D eigenvalue weighted by atomic mass is 16.5. The van der Waals surface area contributed by atoms with Gasteiger partial charge in [-0.1, -0.05) is 12.1 Å². The molecule has 1 saturated heterocycles. The summed E-state index contributed by atoms with van der Waals surface area (Å²) in [5.74, 6) is 1.35. The summed E-state index contributed by atoms with van der Waals surface area (Å²) in [4.78, 5) is 15.5. The molecule has 4 aromatic rings. The van der Waals surface area contributed by atoms with Crippen LogP contribution >= 0.6 is 0 Å². The highest BCUT2D eigenvalue weighted by molar-refractivity contribution is 5.68. The van der Waals surface area contributed by atoms with E-state index in [-0.39, 0.29) is 6.01 Å². The highest BCUT2D eigenvalue weighted by Crippen LogP contribution is 2.33. The number of anilines is 3. The molecular weight excluding hydrogens is 478 g/mol. The van der Waals surface area contributed by atoms with Gasteiger partial charge < -0.3 is 20.1 Å². The predicted molar refractivity (Wildman–Crippen MR) is 143 cm³/mol. The molecule has 5 rings (SSSR count). The standard InChI is InChI=1S/C29H25N7O2/c1-18-13-23(22-7-3-20(15-30)4-8-22)14-19(2)26(18)38-29-34-27(32-24-9-5-21(16-31)6-10-24)33-28(35-29)36-12-11-25(37)17-36/h3-10,13-14,25,37H,11-12,17H2,1-2H3,(H,32,33,34,35). The van der Waals surface area contributed by atoms with Crippen molar-refractivity contribution < 1.29 is 9.84 Å². The molecule has 2 heterocycles. The summed E-state index contributed by atoms with van der Waals surface area (Å²) in [5, 5.41) is 31.3. The number of nitriles is 2. The molecule has 1 aromatic heterocycles. The number of aliphatic hydroxyl groups excluding tert-OH is 1. The number of nitrogens with one attached hydrogen (secondary N) is 1. The normalized spacial score (nSPS) is 14.6. The quantitative estimate of drug-likeness (QED) is 0.373. The van der Waals surface area contributed by atoms with Crippen molar-refractivity contribution in [3.8, 4) is 35.0 Å². The number of aromatic nitrogens is 3. The Labute approximate surface area is 220 Å². The smallest absolute Gasteiger partial charge is 0.328 e. The molecule has 1 aliphatic rings. The molecule has 38 heavy (non-hydrogen) atoms. The third-order valence-electron chi connectivity index (χ3n) is 6.32. The van der Waals surface area contributed by atoms with Crippen LogP contribution in [0.1, 0.15) is 28.7 Å². The number of β-amino-alcohol motifs (C(OH)–C–C–N with tert-alkyl or cyclic N) is 1. The van der Waals surface area contributed by atoms with Gasteiger partial charge in [0.25, 0.3) is 0 Å². The minimum absolute atomic E-state index is 0.129. The Morgan fingerprint density at radius 3 is 2.11 bits per heavy atom. The zero-order valence-corrected chi connectivity index (χ0v) is 21.0. The highest BCUT2D eigenvalue weighted by Gasteiger charge is 2.24. The van der Waals surface area contributed by atoms with E-state index in [1.807, 2.05) is 43.0 Å². The van der Waals surface area contributed by atoms with Crippen LogP contribution in [0.15, 0.2) is 60.7 Å². The first kappa shape index (κ1) is 24.7. The Morgan fingerprint density at radius 1 is 0.895 bits per heavy atom. The summed E-state index contributed by atoms with van der Waals surface area (Å²) < 4.78 is 6.23. The average Bonchev–Trinajstić information content (AvgIpc) is 3.37. The lowest BCUT2D eigenvalue weighted by Gasteiger charge is -2.18. The fraction of sp³-hybridized carbons (Fsp3) is 0.207. The van der Waals surface area contributed by atoms with E-state index in [4.69, 9.17) is 15.3 Å². The van der Waals surface area contributed by atoms with Crippen LogP contribution in [-0.2, 0) is 0 Å². The lowest BCUT2D eigenvalue weighted by Crippen LogP contribution is -2.24. The summed E-state index contributed by atoms with van der Waals surface area (Å²) in [6.45, 7) is 4.98. The van der Waals surface area contributed by atoms with E-state index in [9.17, 15) is 5.11 Å². The summed E-state index contributed by atoms with van der Waals surface area (Å²) in [7, 11) is 0. The van der Waals surface area contributed by atoms with Gasteiger partial charge in [0.05, 0.1) is 29.4 Å². The van der Waals surface area contributed by atoms with Gasteiger partial charge in [-0.05, 0) is 91.1 Å². The Bertz CT molecular complexity index is 1530. The topological polar surface area (TPSA) is 131 Å². The Morgan fingerprint density at radius 2 is 1.53 bits per heavy atom. The van der Waals surface area contributed by atoms with E-state index in [0.717, 1.165) is 22.3 Å². The van der Waals surface area contributed by atoms with Crippen molar-refractivity contribution in [3.05, 3.63) is 82.9 Å². The number of ether oxygens (including phenoxy) is 1. The van der Waals surface area contributed by atoms with Crippen molar-refractivity contribution in [3.63, 3.8) is 0 Å². The molecule has 1 aliphatic heterocycles. The summed E-state index contributed by atoms with van der Waals surface area (Å²) in [6.07, 6.45) is 0.195. The average molecular weight is 504 g/mol. The molecule has 0 bridgehead atoms. The first-order chi connectivity index (χ1) is 18.4. The SMILES string of the molecule is Cc1cc(-c2ccc(C#N)cc2)cc(C)c1Oc1nc(Nc2ccc(C#N)cc2)nc(N2CCC(O)C2)n1. The third kappa shape index (κ3) is 5.39. The fourth-order valence-electron chi connectivity index (χ4n) is 4.38. The van der Waals surface area contributed by atoms with Crippen LogP contribution in [-0.4, -0.2) is 39.3 Å². The van der Waals surface area contributed by atoms with Gasteiger partial charge in [0, 0.05) is 18.8 Å². The largest absolute Gasteiger partial charge is 0.424 e. The summed E-state index contributed by atoms with van der Waals surface area (Å²) >= 11 is 0. The minimum Gasteiger partial charge on any atom is -0.424 e. The van der Waals surface area contributed by atoms with Crippen molar-refractivity contribution in [1.82, 2.24) is 15.0 Å². The second-order valence-corrected chi connectivity index (χ2v) is 9.17. The van der Waals surface area contributed by atoms with Gasteiger partial charge in [0.2, 0.25) is 11.9 Å². The fourth-order valence-corrected chi connectivity index (χ4v) is 4.38. The van der Waals surface area contributed by atoms with Crippen LogP contribution in [0.25, 0.3) is 11.1 Å². The molecule has 2 N–H and O–H groups in total. The van der Waals surface area contributed by atoms with Gasteiger partial charge in [-0.2, -0.15) is 25.5 Å². The van der Waals surface area contributed by atoms with Gasteiger partial charge >= 0.3 is 6.01 Å². The molecule has 1 unspecified atom stereocenters. The molecule has 0 saturated carbocycles. The molecule has 9 nitrogen and oxygen atoms in total. The maximum atomic E-state index is 10.0. The van der Waals surface area contributed by atoms with E-state index in [2.05, 4.69) is 32.4 Å². The molecule has 3 aromatic carbocycles. The first-order valence-electron chi connectivity index (χ1n) is 12.2. The van der Waals surface area contributed by atoms with Gasteiger partial charge in [-0.3, -0.25) is 0 Å². The monoisotopic (exact) mass is 503 g/mol. The number of hydrogen-bond donors (Lipinski definition) is 2. The zero-order valence-electron chi connectivity index (χ0n) is 21.0.